The molecule has 2 heterocycles. The highest BCUT2D eigenvalue weighted by Gasteiger charge is 2.29. The smallest absolute Gasteiger partial charge is 0.344 e. The van der Waals surface area contributed by atoms with Gasteiger partial charge in [0.05, 0.1) is 31.4 Å². The molecule has 0 aliphatic rings. The van der Waals surface area contributed by atoms with Crippen molar-refractivity contribution in [2.24, 2.45) is 7.05 Å². The van der Waals surface area contributed by atoms with Gasteiger partial charge < -0.3 is 19.5 Å². The molecule has 240 valence electrons. The van der Waals surface area contributed by atoms with Crippen molar-refractivity contribution in [1.82, 2.24) is 29.4 Å². The Kier molecular flexibility index (Phi) is 10.2. The molecule has 0 saturated carbocycles. The number of benzene rings is 2. The summed E-state index contributed by atoms with van der Waals surface area (Å²) in [6.45, 7) is 4.63. The molecule has 4 aromatic rings. The Morgan fingerprint density at radius 3 is 2.33 bits per heavy atom. The molecule has 0 unspecified atom stereocenters. The summed E-state index contributed by atoms with van der Waals surface area (Å²) >= 11 is 0. The van der Waals surface area contributed by atoms with Gasteiger partial charge in [-0.2, -0.15) is 9.82 Å². The summed E-state index contributed by atoms with van der Waals surface area (Å²) in [6, 6.07) is 10.9. The number of hydrogen-bond donors (Lipinski definition) is 2. The van der Waals surface area contributed by atoms with Gasteiger partial charge in [-0.05, 0) is 50.6 Å². The number of sulfonamides is 1. The molecule has 45 heavy (non-hydrogen) atoms. The van der Waals surface area contributed by atoms with Gasteiger partial charge in [0.25, 0.3) is 5.56 Å². The van der Waals surface area contributed by atoms with Crippen molar-refractivity contribution in [3.63, 3.8) is 0 Å². The first-order chi connectivity index (χ1) is 21.4. The van der Waals surface area contributed by atoms with Crippen molar-refractivity contribution in [2.75, 3.05) is 20.8 Å². The number of esters is 1. The Morgan fingerprint density at radius 1 is 1.02 bits per heavy atom. The van der Waals surface area contributed by atoms with Gasteiger partial charge in [0, 0.05) is 12.6 Å². The summed E-state index contributed by atoms with van der Waals surface area (Å²) in [5, 5.41) is 6.84. The fourth-order valence-electron chi connectivity index (χ4n) is 4.72. The van der Waals surface area contributed by atoms with Crippen molar-refractivity contribution in [3.8, 4) is 22.9 Å². The zero-order valence-electron chi connectivity index (χ0n) is 25.9. The van der Waals surface area contributed by atoms with E-state index in [1.165, 1.54) is 31.0 Å². The zero-order chi connectivity index (χ0) is 32.9. The molecule has 0 saturated heterocycles. The minimum Gasteiger partial charge on any atom is -0.493 e. The van der Waals surface area contributed by atoms with E-state index in [2.05, 4.69) is 15.1 Å². The van der Waals surface area contributed by atoms with E-state index in [0.717, 1.165) is 16.6 Å². The van der Waals surface area contributed by atoms with Gasteiger partial charge in [-0.3, -0.25) is 18.8 Å². The largest absolute Gasteiger partial charge is 0.493 e. The molecule has 1 atom stereocenters. The molecule has 0 spiro atoms. The van der Waals surface area contributed by atoms with E-state index in [0.29, 0.717) is 34.7 Å². The average Bonchev–Trinajstić information content (AvgIpc) is 3.32. The summed E-state index contributed by atoms with van der Waals surface area (Å²) in [7, 11) is 0.313. The number of nitrogens with one attached hydrogen (secondary N) is 2. The molecule has 14 nitrogen and oxygen atoms in total. The number of nitrogens with zero attached hydrogens (tertiary/aromatic N) is 4. The Hall–Kier alpha value is -4.76. The Bertz CT molecular complexity index is 1880. The summed E-state index contributed by atoms with van der Waals surface area (Å²) in [5.74, 6) is -0.950. The molecule has 2 aromatic heterocycles. The van der Waals surface area contributed by atoms with E-state index < -0.39 is 40.2 Å². The minimum atomic E-state index is -4.25. The number of methoxy groups -OCH3 is 2. The normalized spacial score (nSPS) is 12.1. The Morgan fingerprint density at radius 2 is 1.71 bits per heavy atom. The van der Waals surface area contributed by atoms with Gasteiger partial charge in [-0.15, -0.1) is 0 Å². The molecule has 0 bridgehead atoms. The van der Waals surface area contributed by atoms with Crippen molar-refractivity contribution >= 4 is 32.9 Å². The lowest BCUT2D eigenvalue weighted by molar-refractivity contribution is -0.147. The predicted molar refractivity (Wildman–Crippen MR) is 165 cm³/mol. The first-order valence-electron chi connectivity index (χ1n) is 14.2. The molecule has 2 aromatic carbocycles. The highest BCUT2D eigenvalue weighted by molar-refractivity contribution is 7.89. The average molecular weight is 641 g/mol. The van der Waals surface area contributed by atoms with Crippen molar-refractivity contribution < 1.29 is 32.2 Å². The summed E-state index contributed by atoms with van der Waals surface area (Å²) in [4.78, 5) is 44.9. The van der Waals surface area contributed by atoms with E-state index >= 15 is 0 Å². The predicted octanol–water partition coefficient (Wildman–Crippen LogP) is 2.06. The van der Waals surface area contributed by atoms with Gasteiger partial charge in [-0.1, -0.05) is 31.0 Å². The van der Waals surface area contributed by atoms with Crippen LogP contribution in [0.15, 0.2) is 52.2 Å². The quantitative estimate of drug-likeness (QED) is 0.163. The third-order valence-electron chi connectivity index (χ3n) is 6.88. The van der Waals surface area contributed by atoms with E-state index in [1.54, 1.807) is 51.2 Å². The maximum Gasteiger partial charge on any atom is 0.344 e. The standard InChI is InChI=1S/C30H36N6O8S/c1-7-9-21-25-26(35(4)33-21)29(38)36(28(32-25)19-12-15-22(42-5)23(16-19)43-6)17-24(37)31-27(30(39)44-8-2)34-45(40,41)20-13-10-18(3)11-14-20/h10-16,27,34H,7-9,17H2,1-6H3,(H,31,37)/t27-/m0/s1. The van der Waals surface area contributed by atoms with Crippen molar-refractivity contribution in [3.05, 3.63) is 64.1 Å². The molecule has 15 heteroatoms. The number of rotatable bonds is 13. The monoisotopic (exact) mass is 640 g/mol. The van der Waals surface area contributed by atoms with Crippen LogP contribution in [-0.2, 0) is 44.4 Å². The van der Waals surface area contributed by atoms with Crippen LogP contribution >= 0.6 is 0 Å². The second-order valence-electron chi connectivity index (χ2n) is 10.1. The number of aromatic nitrogens is 4. The Labute approximate surface area is 260 Å². The van der Waals surface area contributed by atoms with Crippen LogP contribution < -0.4 is 25.1 Å². The molecule has 0 aliphatic carbocycles. The van der Waals surface area contributed by atoms with Crippen LogP contribution in [0.3, 0.4) is 0 Å². The first kappa shape index (κ1) is 33.1. The summed E-state index contributed by atoms with van der Waals surface area (Å²) in [5.41, 5.74) is 1.90. The van der Waals surface area contributed by atoms with Crippen molar-refractivity contribution in [1.29, 1.82) is 0 Å². The third-order valence-corrected chi connectivity index (χ3v) is 8.31. The highest BCUT2D eigenvalue weighted by Crippen LogP contribution is 2.32. The van der Waals surface area contributed by atoms with E-state index in [-0.39, 0.29) is 22.8 Å². The fraction of sp³-hybridized carbons (Fsp3) is 0.367. The van der Waals surface area contributed by atoms with Gasteiger partial charge in [-0.25, -0.2) is 18.2 Å². The maximum absolute atomic E-state index is 14.0. The highest BCUT2D eigenvalue weighted by atomic mass is 32.2. The summed E-state index contributed by atoms with van der Waals surface area (Å²) < 4.78 is 46.7. The van der Waals surface area contributed by atoms with Crippen molar-refractivity contribution in [2.45, 2.75) is 51.2 Å². The molecule has 2 N–H and O–H groups in total. The molecular weight excluding hydrogens is 604 g/mol. The zero-order valence-corrected chi connectivity index (χ0v) is 26.7. The van der Waals surface area contributed by atoms with Gasteiger partial charge in [0.1, 0.15) is 17.9 Å². The maximum atomic E-state index is 14.0. The molecule has 0 radical (unpaired) electrons. The SMILES string of the molecule is CCCc1nn(C)c2c(=O)n(CC(=O)N[C@@H](NS(=O)(=O)c3ccc(C)cc3)C(=O)OCC)c(-c3ccc(OC)c(OC)c3)nc12. The van der Waals surface area contributed by atoms with E-state index in [9.17, 15) is 22.8 Å². The lowest BCUT2D eigenvalue weighted by atomic mass is 10.1. The third kappa shape index (κ3) is 7.15. The topological polar surface area (TPSA) is 173 Å². The lowest BCUT2D eigenvalue weighted by Gasteiger charge is -2.20. The molecule has 1 amide bonds. The van der Waals surface area contributed by atoms with Crippen LogP contribution in [0.5, 0.6) is 11.5 Å². The summed E-state index contributed by atoms with van der Waals surface area (Å²) in [6.07, 6.45) is -0.450. The molecular formula is C30H36N6O8S. The number of aryl methyl sites for hydroxylation is 3. The first-order valence-corrected chi connectivity index (χ1v) is 15.7. The van der Waals surface area contributed by atoms with Gasteiger partial charge in [0.2, 0.25) is 15.9 Å². The number of ether oxygens (including phenoxy) is 3. The number of carbonyl (C=O) groups excluding carboxylic acids is 2. The van der Waals surface area contributed by atoms with Crippen LogP contribution in [0.4, 0.5) is 0 Å². The molecule has 0 aliphatic heterocycles. The van der Waals surface area contributed by atoms with Gasteiger partial charge in [0.15, 0.2) is 23.2 Å². The van der Waals surface area contributed by atoms with Crippen LogP contribution in [0.2, 0.25) is 0 Å². The second kappa shape index (κ2) is 13.9. The number of carbonyl (C=O) groups is 2. The molecule has 4 rings (SSSR count). The van der Waals surface area contributed by atoms with Crippen LogP contribution in [0.1, 0.15) is 31.5 Å². The number of hydrogen-bond acceptors (Lipinski definition) is 10. The molecule has 0 fully saturated rings. The Balaban J connectivity index is 1.77. The van der Waals surface area contributed by atoms with E-state index in [1.807, 2.05) is 6.92 Å². The number of amides is 1. The second-order valence-corrected chi connectivity index (χ2v) is 11.8. The van der Waals surface area contributed by atoms with Crippen LogP contribution in [0, 0.1) is 6.92 Å². The van der Waals surface area contributed by atoms with E-state index in [4.69, 9.17) is 19.2 Å². The number of fused-ring (bicyclic) bond motifs is 1. The van der Waals surface area contributed by atoms with Crippen LogP contribution in [0.25, 0.3) is 22.4 Å². The minimum absolute atomic E-state index is 0.0679. The fourth-order valence-corrected chi connectivity index (χ4v) is 5.81. The van der Waals surface area contributed by atoms with Gasteiger partial charge >= 0.3 is 5.97 Å². The lowest BCUT2D eigenvalue weighted by Crippen LogP contribution is -2.54. The van der Waals surface area contributed by atoms with Crippen LogP contribution in [-0.4, -0.2) is 66.6 Å².